The molecular weight excluding hydrogens is 122 g/mol. The number of carbonyl (C=O) groups excluding carboxylic acids is 1. The molecule has 0 spiro atoms. The fourth-order valence-electron chi connectivity index (χ4n) is 0.475. The first-order valence-electron chi connectivity index (χ1n) is 2.74. The van der Waals surface area contributed by atoms with E-state index in [-0.39, 0.29) is 6.04 Å². The van der Waals surface area contributed by atoms with E-state index < -0.39 is 11.9 Å². The van der Waals surface area contributed by atoms with Gasteiger partial charge in [-0.1, -0.05) is 0 Å². The van der Waals surface area contributed by atoms with Crippen molar-refractivity contribution in [1.29, 1.82) is 0 Å². The number of rotatable bonds is 1. The zero-order valence-corrected chi connectivity index (χ0v) is 4.76. The Morgan fingerprint density at radius 3 is 2.33 bits per heavy atom. The first-order valence-corrected chi connectivity index (χ1v) is 2.74. The Morgan fingerprint density at radius 2 is 2.00 bits per heavy atom. The summed E-state index contributed by atoms with van der Waals surface area (Å²) in [5, 5.41) is 10.4. The zero-order valence-electron chi connectivity index (χ0n) is 4.76. The van der Waals surface area contributed by atoms with Gasteiger partial charge in [-0.25, -0.2) is 4.79 Å². The van der Waals surface area contributed by atoms with E-state index in [1.807, 2.05) is 0 Å². The maximum absolute atomic E-state index is 10.3. The molecule has 0 radical (unpaired) electrons. The van der Waals surface area contributed by atoms with Crippen LogP contribution >= 0.6 is 0 Å². The SMILES string of the molecule is O=C(O)C(=O)NC1CC1. The monoisotopic (exact) mass is 129 g/mol. The van der Waals surface area contributed by atoms with Crippen LogP contribution in [-0.4, -0.2) is 23.0 Å². The predicted molar refractivity (Wildman–Crippen MR) is 28.8 cm³/mol. The van der Waals surface area contributed by atoms with Crippen molar-refractivity contribution >= 4 is 11.9 Å². The van der Waals surface area contributed by atoms with Crippen molar-refractivity contribution in [3.63, 3.8) is 0 Å². The molecule has 0 bridgehead atoms. The van der Waals surface area contributed by atoms with E-state index in [4.69, 9.17) is 5.11 Å². The van der Waals surface area contributed by atoms with Crippen LogP contribution in [0.3, 0.4) is 0 Å². The average molecular weight is 129 g/mol. The molecule has 1 aliphatic carbocycles. The molecule has 4 nitrogen and oxygen atoms in total. The van der Waals surface area contributed by atoms with E-state index >= 15 is 0 Å². The lowest BCUT2D eigenvalue weighted by Crippen LogP contribution is -2.32. The molecule has 0 unspecified atom stereocenters. The summed E-state index contributed by atoms with van der Waals surface area (Å²) >= 11 is 0. The third-order valence-electron chi connectivity index (χ3n) is 1.11. The van der Waals surface area contributed by atoms with Crippen molar-refractivity contribution in [3.8, 4) is 0 Å². The Hall–Kier alpha value is -1.06. The highest BCUT2D eigenvalue weighted by Gasteiger charge is 2.25. The number of carbonyl (C=O) groups is 2. The van der Waals surface area contributed by atoms with Crippen molar-refractivity contribution in [2.24, 2.45) is 0 Å². The molecule has 50 valence electrons. The molecule has 1 fully saturated rings. The third-order valence-corrected chi connectivity index (χ3v) is 1.11. The van der Waals surface area contributed by atoms with Gasteiger partial charge in [-0.3, -0.25) is 4.79 Å². The maximum atomic E-state index is 10.3. The Balaban J connectivity index is 2.25. The van der Waals surface area contributed by atoms with Crippen molar-refractivity contribution in [2.75, 3.05) is 0 Å². The van der Waals surface area contributed by atoms with Crippen LogP contribution in [0.1, 0.15) is 12.8 Å². The summed E-state index contributed by atoms with van der Waals surface area (Å²) in [5.74, 6) is -2.29. The van der Waals surface area contributed by atoms with Gasteiger partial charge in [-0.2, -0.15) is 0 Å². The fraction of sp³-hybridized carbons (Fsp3) is 0.600. The minimum Gasteiger partial charge on any atom is -0.474 e. The summed E-state index contributed by atoms with van der Waals surface area (Å²) in [6.45, 7) is 0. The van der Waals surface area contributed by atoms with Gasteiger partial charge in [0.05, 0.1) is 0 Å². The van der Waals surface area contributed by atoms with E-state index in [1.165, 1.54) is 0 Å². The normalized spacial score (nSPS) is 16.9. The van der Waals surface area contributed by atoms with Crippen molar-refractivity contribution in [2.45, 2.75) is 18.9 Å². The Labute approximate surface area is 51.9 Å². The van der Waals surface area contributed by atoms with Crippen LogP contribution in [0.2, 0.25) is 0 Å². The molecule has 0 aromatic carbocycles. The van der Waals surface area contributed by atoms with E-state index in [0.717, 1.165) is 12.8 Å². The molecule has 0 heterocycles. The maximum Gasteiger partial charge on any atom is 0.394 e. The van der Waals surface area contributed by atoms with Crippen molar-refractivity contribution in [3.05, 3.63) is 0 Å². The van der Waals surface area contributed by atoms with Crippen molar-refractivity contribution < 1.29 is 14.7 Å². The molecule has 0 aliphatic heterocycles. The summed E-state index contributed by atoms with van der Waals surface area (Å²) in [4.78, 5) is 20.1. The van der Waals surface area contributed by atoms with Gasteiger partial charge in [-0.15, -0.1) is 0 Å². The van der Waals surface area contributed by atoms with Gasteiger partial charge in [0.15, 0.2) is 0 Å². The highest BCUT2D eigenvalue weighted by atomic mass is 16.4. The number of amides is 1. The zero-order chi connectivity index (χ0) is 6.85. The second-order valence-electron chi connectivity index (χ2n) is 2.05. The molecule has 4 heteroatoms. The number of hydrogen-bond acceptors (Lipinski definition) is 2. The smallest absolute Gasteiger partial charge is 0.394 e. The van der Waals surface area contributed by atoms with Crippen LogP contribution in [0.4, 0.5) is 0 Å². The summed E-state index contributed by atoms with van der Waals surface area (Å²) in [6.07, 6.45) is 1.83. The minimum absolute atomic E-state index is 0.133. The average Bonchev–Trinajstić information content (AvgIpc) is 2.50. The lowest BCUT2D eigenvalue weighted by molar-refractivity contribution is -0.150. The molecule has 0 aromatic heterocycles. The van der Waals surface area contributed by atoms with Gasteiger partial charge in [0.2, 0.25) is 0 Å². The standard InChI is InChI=1S/C5H7NO3/c7-4(5(8)9)6-3-1-2-3/h3H,1-2H2,(H,6,7)(H,8,9). The fourth-order valence-corrected chi connectivity index (χ4v) is 0.475. The highest BCUT2D eigenvalue weighted by Crippen LogP contribution is 2.18. The molecule has 1 aliphatic rings. The summed E-state index contributed by atoms with van der Waals surface area (Å²) in [6, 6.07) is 0.133. The van der Waals surface area contributed by atoms with E-state index in [1.54, 1.807) is 0 Å². The molecule has 0 atom stereocenters. The van der Waals surface area contributed by atoms with Crippen LogP contribution in [0, 0.1) is 0 Å². The quantitative estimate of drug-likeness (QED) is 0.462. The number of nitrogens with one attached hydrogen (secondary N) is 1. The molecular formula is C5H7NO3. The van der Waals surface area contributed by atoms with Gasteiger partial charge >= 0.3 is 11.9 Å². The van der Waals surface area contributed by atoms with Gasteiger partial charge in [0.25, 0.3) is 0 Å². The molecule has 1 amide bonds. The number of aliphatic carboxylic acids is 1. The molecule has 0 saturated heterocycles. The first-order chi connectivity index (χ1) is 4.20. The predicted octanol–water partition coefficient (Wildman–Crippen LogP) is -0.650. The molecule has 0 aromatic rings. The largest absolute Gasteiger partial charge is 0.474 e. The number of hydrogen-bond donors (Lipinski definition) is 2. The third kappa shape index (κ3) is 1.71. The first kappa shape index (κ1) is 6.07. The summed E-state index contributed by atoms with van der Waals surface area (Å²) < 4.78 is 0. The van der Waals surface area contributed by atoms with Gasteiger partial charge < -0.3 is 10.4 Å². The van der Waals surface area contributed by atoms with Crippen LogP contribution in [0.25, 0.3) is 0 Å². The van der Waals surface area contributed by atoms with Gasteiger partial charge in [0.1, 0.15) is 0 Å². The molecule has 1 saturated carbocycles. The van der Waals surface area contributed by atoms with E-state index in [9.17, 15) is 9.59 Å². The minimum atomic E-state index is -1.40. The second kappa shape index (κ2) is 2.05. The second-order valence-corrected chi connectivity index (χ2v) is 2.05. The lowest BCUT2D eigenvalue weighted by Gasteiger charge is -1.94. The molecule has 2 N–H and O–H groups in total. The van der Waals surface area contributed by atoms with Crippen LogP contribution in [-0.2, 0) is 9.59 Å². The molecule has 9 heavy (non-hydrogen) atoms. The topological polar surface area (TPSA) is 66.4 Å². The Bertz CT molecular complexity index is 150. The van der Waals surface area contributed by atoms with Gasteiger partial charge in [0, 0.05) is 6.04 Å². The van der Waals surface area contributed by atoms with Gasteiger partial charge in [-0.05, 0) is 12.8 Å². The lowest BCUT2D eigenvalue weighted by atomic mass is 10.6. The summed E-state index contributed by atoms with van der Waals surface area (Å²) in [7, 11) is 0. The number of carboxylic acid groups (broad SMARTS) is 1. The summed E-state index contributed by atoms with van der Waals surface area (Å²) in [5.41, 5.74) is 0. The van der Waals surface area contributed by atoms with Crippen molar-refractivity contribution in [1.82, 2.24) is 5.32 Å². The van der Waals surface area contributed by atoms with Crippen LogP contribution in [0.15, 0.2) is 0 Å². The molecule has 1 rings (SSSR count). The van der Waals surface area contributed by atoms with Crippen LogP contribution < -0.4 is 5.32 Å². The Kier molecular flexibility index (Phi) is 1.38. The van der Waals surface area contributed by atoms with E-state index in [2.05, 4.69) is 5.32 Å². The number of carboxylic acids is 1. The Morgan fingerprint density at radius 1 is 1.44 bits per heavy atom. The van der Waals surface area contributed by atoms with E-state index in [0.29, 0.717) is 0 Å². The highest BCUT2D eigenvalue weighted by molar-refractivity contribution is 6.31. The van der Waals surface area contributed by atoms with Crippen LogP contribution in [0.5, 0.6) is 0 Å².